The van der Waals surface area contributed by atoms with Crippen molar-refractivity contribution in [3.05, 3.63) is 33.9 Å². The van der Waals surface area contributed by atoms with Gasteiger partial charge in [0.05, 0.1) is 4.92 Å². The zero-order valence-corrected chi connectivity index (χ0v) is 14.0. The fourth-order valence-electron chi connectivity index (χ4n) is 1.65. The Morgan fingerprint density at radius 3 is 2.50 bits per heavy atom. The summed E-state index contributed by atoms with van der Waals surface area (Å²) in [5, 5.41) is 29.3. The number of nitrogens with zero attached hydrogens (tertiary/aromatic N) is 1. The number of aliphatic hydroxyl groups is 2. The van der Waals surface area contributed by atoms with Crippen LogP contribution in [0.15, 0.2) is 18.2 Å². The maximum Gasteiger partial charge on any atom is 0.327 e. The third-order valence-electron chi connectivity index (χ3n) is 2.99. The lowest BCUT2D eigenvalue weighted by atomic mass is 9.99. The first-order valence-electron chi connectivity index (χ1n) is 6.57. The van der Waals surface area contributed by atoms with E-state index in [2.05, 4.69) is 15.9 Å². The lowest BCUT2D eigenvalue weighted by molar-refractivity contribution is -0.385. The van der Waals surface area contributed by atoms with Crippen LogP contribution in [-0.2, 0) is 11.2 Å². The van der Waals surface area contributed by atoms with Crippen LogP contribution in [0, 0.1) is 16.0 Å². The van der Waals surface area contributed by atoms with Crippen LogP contribution in [0.5, 0.6) is 5.75 Å². The Morgan fingerprint density at radius 2 is 2.05 bits per heavy atom. The highest BCUT2D eigenvalue weighted by Crippen LogP contribution is 2.28. The van der Waals surface area contributed by atoms with Gasteiger partial charge in [-0.05, 0) is 32.4 Å². The third kappa shape index (κ3) is 5.04. The van der Waals surface area contributed by atoms with Crippen molar-refractivity contribution in [2.24, 2.45) is 5.92 Å². The topological polar surface area (TPSA) is 110 Å². The Morgan fingerprint density at radius 1 is 1.45 bits per heavy atom. The summed E-state index contributed by atoms with van der Waals surface area (Å²) in [6, 6.07) is 3.93. The summed E-state index contributed by atoms with van der Waals surface area (Å²) in [5.74, 6) is -0.974. The number of halogens is 1. The molecule has 0 aliphatic carbocycles. The van der Waals surface area contributed by atoms with E-state index in [0.717, 1.165) is 0 Å². The number of alkyl halides is 1. The first-order valence-corrected chi connectivity index (χ1v) is 7.36. The van der Waals surface area contributed by atoms with Crippen molar-refractivity contribution >= 4 is 27.6 Å². The Hall–Kier alpha value is -1.51. The van der Waals surface area contributed by atoms with Gasteiger partial charge in [-0.2, -0.15) is 0 Å². The van der Waals surface area contributed by atoms with Crippen molar-refractivity contribution in [2.45, 2.75) is 37.8 Å². The molecule has 0 aliphatic heterocycles. The molecule has 1 aromatic carbocycles. The van der Waals surface area contributed by atoms with Crippen LogP contribution in [0.2, 0.25) is 0 Å². The first-order chi connectivity index (χ1) is 10.0. The average molecular weight is 376 g/mol. The summed E-state index contributed by atoms with van der Waals surface area (Å²) in [5.41, 5.74) is 0.105. The Bertz CT molecular complexity index is 567. The van der Waals surface area contributed by atoms with Gasteiger partial charge in [-0.1, -0.05) is 22.9 Å². The molecule has 22 heavy (non-hydrogen) atoms. The summed E-state index contributed by atoms with van der Waals surface area (Å²) in [7, 11) is 0. The molecule has 0 bridgehead atoms. The van der Waals surface area contributed by atoms with Crippen molar-refractivity contribution < 1.29 is 24.7 Å². The molecule has 0 heterocycles. The Kier molecular flexibility index (Phi) is 6.04. The minimum atomic E-state index is -1.59. The molecule has 1 aromatic rings. The molecular weight excluding hydrogens is 358 g/mol. The van der Waals surface area contributed by atoms with E-state index < -0.39 is 27.4 Å². The molecule has 0 spiro atoms. The lowest BCUT2D eigenvalue weighted by Crippen LogP contribution is -2.29. The van der Waals surface area contributed by atoms with Gasteiger partial charge in [0, 0.05) is 17.5 Å². The summed E-state index contributed by atoms with van der Waals surface area (Å²) in [6.45, 7) is 4.78. The fraction of sp³-hybridized carbons (Fsp3) is 0.500. The molecule has 0 fully saturated rings. The molecule has 0 amide bonds. The number of carbonyl (C=O) groups is 1. The molecule has 0 aliphatic rings. The second-order valence-corrected chi connectivity index (χ2v) is 7.49. The molecule has 122 valence electrons. The second-order valence-electron chi connectivity index (χ2n) is 5.50. The predicted molar refractivity (Wildman–Crippen MR) is 82.8 cm³/mol. The molecule has 1 unspecified atom stereocenters. The quantitative estimate of drug-likeness (QED) is 0.197. The third-order valence-corrected chi connectivity index (χ3v) is 3.32. The molecule has 0 aromatic heterocycles. The summed E-state index contributed by atoms with van der Waals surface area (Å²) in [6.07, 6.45) is -1.52. The van der Waals surface area contributed by atoms with Crippen LogP contribution in [0.25, 0.3) is 0 Å². The van der Waals surface area contributed by atoms with Gasteiger partial charge in [0.25, 0.3) is 5.69 Å². The average Bonchev–Trinajstić information content (AvgIpc) is 2.37. The van der Waals surface area contributed by atoms with Gasteiger partial charge in [-0.25, -0.2) is 0 Å². The van der Waals surface area contributed by atoms with E-state index in [1.807, 2.05) is 0 Å². The van der Waals surface area contributed by atoms with Gasteiger partial charge in [0.15, 0.2) is 6.29 Å². The second kappa shape index (κ2) is 7.17. The standard InChI is InChI=1S/C14H18BrNO6/c1-8(12(17)18)6-9-7-10(4-5-11(9)16(20)21)22-13(19)14(2,3)15/h4-5,7-8,12,17-18H,6H2,1-3H3. The molecule has 0 saturated heterocycles. The maximum absolute atomic E-state index is 11.8. The fourth-order valence-corrected chi connectivity index (χ4v) is 1.73. The maximum atomic E-state index is 11.8. The number of hydrogen-bond acceptors (Lipinski definition) is 6. The van der Waals surface area contributed by atoms with Crippen molar-refractivity contribution in [1.29, 1.82) is 0 Å². The molecule has 1 rings (SSSR count). The van der Waals surface area contributed by atoms with Gasteiger partial charge < -0.3 is 14.9 Å². The number of rotatable bonds is 6. The van der Waals surface area contributed by atoms with Crippen molar-refractivity contribution in [1.82, 2.24) is 0 Å². The minimum Gasteiger partial charge on any atom is -0.425 e. The number of benzene rings is 1. The van der Waals surface area contributed by atoms with Gasteiger partial charge in [-0.3, -0.25) is 14.9 Å². The van der Waals surface area contributed by atoms with Crippen molar-refractivity contribution in [3.63, 3.8) is 0 Å². The van der Waals surface area contributed by atoms with Crippen LogP contribution in [-0.4, -0.2) is 31.7 Å². The van der Waals surface area contributed by atoms with Gasteiger partial charge >= 0.3 is 5.97 Å². The van der Waals surface area contributed by atoms with E-state index in [1.54, 1.807) is 20.8 Å². The van der Waals surface area contributed by atoms with E-state index in [-0.39, 0.29) is 23.4 Å². The Labute approximate surface area is 136 Å². The summed E-state index contributed by atoms with van der Waals surface area (Å²) < 4.78 is 4.28. The number of aliphatic hydroxyl groups excluding tert-OH is 1. The number of ether oxygens (including phenoxy) is 1. The SMILES string of the molecule is CC(Cc1cc(OC(=O)C(C)(C)Br)ccc1[N+](=O)[O-])C(O)O. The van der Waals surface area contributed by atoms with Gasteiger partial charge in [0.1, 0.15) is 10.1 Å². The van der Waals surface area contributed by atoms with Gasteiger partial charge in [0.2, 0.25) is 0 Å². The highest BCUT2D eigenvalue weighted by molar-refractivity contribution is 9.10. The van der Waals surface area contributed by atoms with Gasteiger partial charge in [-0.15, -0.1) is 0 Å². The van der Waals surface area contributed by atoms with Crippen LogP contribution in [0.3, 0.4) is 0 Å². The van der Waals surface area contributed by atoms with E-state index in [4.69, 9.17) is 14.9 Å². The molecule has 1 atom stereocenters. The van der Waals surface area contributed by atoms with Crippen LogP contribution >= 0.6 is 15.9 Å². The predicted octanol–water partition coefficient (Wildman–Crippen LogP) is 2.16. The monoisotopic (exact) mass is 375 g/mol. The largest absolute Gasteiger partial charge is 0.425 e. The summed E-state index contributed by atoms with van der Waals surface area (Å²) >= 11 is 3.17. The number of hydrogen-bond donors (Lipinski definition) is 2. The number of nitro groups is 1. The Balaban J connectivity index is 3.09. The normalized spacial score (nSPS) is 13.0. The number of nitro benzene ring substituents is 1. The van der Waals surface area contributed by atoms with Crippen molar-refractivity contribution in [3.8, 4) is 5.75 Å². The molecular formula is C14H18BrNO6. The first kappa shape index (κ1) is 18.5. The van der Waals surface area contributed by atoms with Crippen LogP contribution < -0.4 is 4.74 Å². The molecule has 0 saturated carbocycles. The smallest absolute Gasteiger partial charge is 0.327 e. The molecule has 2 N–H and O–H groups in total. The van der Waals surface area contributed by atoms with E-state index in [1.165, 1.54) is 18.2 Å². The molecule has 0 radical (unpaired) electrons. The van der Waals surface area contributed by atoms with E-state index in [9.17, 15) is 14.9 Å². The highest BCUT2D eigenvalue weighted by atomic mass is 79.9. The molecule has 7 nitrogen and oxygen atoms in total. The van der Waals surface area contributed by atoms with E-state index in [0.29, 0.717) is 0 Å². The number of carbonyl (C=O) groups excluding carboxylic acids is 1. The zero-order valence-electron chi connectivity index (χ0n) is 12.4. The number of esters is 1. The molecule has 8 heteroatoms. The van der Waals surface area contributed by atoms with Crippen LogP contribution in [0.4, 0.5) is 5.69 Å². The minimum absolute atomic E-state index is 0.0665. The summed E-state index contributed by atoms with van der Waals surface area (Å²) in [4.78, 5) is 22.3. The highest BCUT2D eigenvalue weighted by Gasteiger charge is 2.27. The van der Waals surface area contributed by atoms with Crippen molar-refractivity contribution in [2.75, 3.05) is 0 Å². The lowest BCUT2D eigenvalue weighted by Gasteiger charge is -2.16. The van der Waals surface area contributed by atoms with E-state index >= 15 is 0 Å². The zero-order chi connectivity index (χ0) is 17.1. The van der Waals surface area contributed by atoms with Crippen LogP contribution in [0.1, 0.15) is 26.3 Å².